The van der Waals surface area contributed by atoms with E-state index >= 15 is 0 Å². The molecule has 0 aromatic rings. The molecule has 0 spiro atoms. The van der Waals surface area contributed by atoms with Crippen molar-refractivity contribution in [1.29, 1.82) is 0 Å². The zero-order chi connectivity index (χ0) is 9.12. The van der Waals surface area contributed by atoms with E-state index in [9.17, 15) is 7.48 Å². The molecule has 66 valence electrons. The van der Waals surface area contributed by atoms with E-state index in [1.165, 1.54) is 0 Å². The Morgan fingerprint density at radius 3 is 1.36 bits per heavy atom. The molecule has 2 radical (unpaired) electrons. The Bertz CT molecular complexity index is 182. The van der Waals surface area contributed by atoms with Crippen molar-refractivity contribution >= 4 is 52.8 Å². The quantitative estimate of drug-likeness (QED) is 0.559. The van der Waals surface area contributed by atoms with E-state index in [1.54, 1.807) is 22.8 Å². The van der Waals surface area contributed by atoms with E-state index in [-0.39, 0.29) is 0 Å². The summed E-state index contributed by atoms with van der Waals surface area (Å²) in [6.07, 6.45) is 0. The van der Waals surface area contributed by atoms with E-state index in [0.29, 0.717) is 0 Å². The van der Waals surface area contributed by atoms with Crippen LogP contribution in [0.25, 0.3) is 0 Å². The van der Waals surface area contributed by atoms with E-state index in [1.807, 2.05) is 0 Å². The maximum atomic E-state index is 11.0. The van der Waals surface area contributed by atoms with Gasteiger partial charge in [0.1, 0.15) is 0 Å². The molecule has 0 fully saturated rings. The monoisotopic (exact) mass is 482 g/mol. The Balaban J connectivity index is 3.61. The van der Waals surface area contributed by atoms with Crippen molar-refractivity contribution < 1.29 is 10.8 Å². The first-order valence-corrected chi connectivity index (χ1v) is 16.7. The summed E-state index contributed by atoms with van der Waals surface area (Å²) >= 11 is -7.66. The second-order valence-electron chi connectivity index (χ2n) is 2.77. The zero-order valence-corrected chi connectivity index (χ0v) is 14.7. The fourth-order valence-corrected chi connectivity index (χ4v) is 12.1. The summed E-state index contributed by atoms with van der Waals surface area (Å²) in [5.41, 5.74) is 6.38. The topological polar surface area (TPSA) is 52.6 Å². The zero-order valence-electron chi connectivity index (χ0n) is 7.03. The van der Waals surface area contributed by atoms with Crippen molar-refractivity contribution in [1.82, 2.24) is 0 Å². The van der Waals surface area contributed by atoms with Crippen LogP contribution in [-0.2, 0) is 10.8 Å². The molecule has 0 heterocycles. The first kappa shape index (κ1) is 12.6. The van der Waals surface area contributed by atoms with Crippen LogP contribution in [0.5, 0.6) is 0 Å². The summed E-state index contributed by atoms with van der Waals surface area (Å²) in [7, 11) is 0. The third-order valence-corrected chi connectivity index (χ3v) is 23.4. The van der Waals surface area contributed by atoms with Crippen LogP contribution in [-0.4, -0.2) is 52.8 Å². The van der Waals surface area contributed by atoms with Crippen LogP contribution < -0.4 is 0 Å². The minimum atomic E-state index is -2.96. The Kier molecular flexibility index (Phi) is 5.37. The first-order valence-electron chi connectivity index (χ1n) is 2.93. The Labute approximate surface area is 85.6 Å². The summed E-state index contributed by atoms with van der Waals surface area (Å²) in [4.78, 5) is 0. The molecule has 4 nitrogen and oxygen atoms in total. The van der Waals surface area contributed by atoms with Crippen LogP contribution in [0.1, 0.15) is 0 Å². The van der Waals surface area contributed by atoms with Gasteiger partial charge in [-0.2, -0.15) is 0 Å². The molecule has 0 aromatic carbocycles. The van der Waals surface area contributed by atoms with Gasteiger partial charge in [-0.25, -0.2) is 0 Å². The fourth-order valence-electron chi connectivity index (χ4n) is 0.196. The van der Waals surface area contributed by atoms with E-state index in [4.69, 9.17) is 3.35 Å². The van der Waals surface area contributed by atoms with Gasteiger partial charge in [-0.1, -0.05) is 0 Å². The van der Waals surface area contributed by atoms with Crippen molar-refractivity contribution in [3.8, 4) is 0 Å². The molecular weight excluding hydrogens is 469 g/mol. The fraction of sp³-hybridized carbons (Fsp3) is 1.00. The molecule has 0 aromatic heterocycles. The predicted octanol–water partition coefficient (Wildman–Crippen LogP) is 0.818. The number of hydrogen-bond donors (Lipinski definition) is 0. The second kappa shape index (κ2) is 4.70. The Morgan fingerprint density at radius 1 is 0.909 bits per heavy atom. The van der Waals surface area contributed by atoms with Crippen molar-refractivity contribution in [3.05, 3.63) is 0 Å². The summed E-state index contributed by atoms with van der Waals surface area (Å²) in [6, 6.07) is 0. The standard InChI is InChI=1S/2C2H7AsO2.Pb/c2*1-3(2,4)5;/h2*1-2H3,(H,4,5);/q;;+2/p-2. The van der Waals surface area contributed by atoms with Crippen molar-refractivity contribution in [2.75, 3.05) is 0 Å². The molecule has 0 aliphatic carbocycles. The van der Waals surface area contributed by atoms with Gasteiger partial charge < -0.3 is 0 Å². The summed E-state index contributed by atoms with van der Waals surface area (Å²) < 4.78 is 32.1. The van der Waals surface area contributed by atoms with Gasteiger partial charge in [-0.3, -0.25) is 0 Å². The summed E-state index contributed by atoms with van der Waals surface area (Å²) in [5.74, 6) is 0. The molecular formula is C4H12As2O4Pb. The van der Waals surface area contributed by atoms with Crippen molar-refractivity contribution in [3.63, 3.8) is 0 Å². The third kappa shape index (κ3) is 11.6. The van der Waals surface area contributed by atoms with Crippen LogP contribution in [0.3, 0.4) is 0 Å². The Morgan fingerprint density at radius 2 is 1.18 bits per heavy atom. The molecule has 0 unspecified atom stereocenters. The maximum absolute atomic E-state index is 11.0. The van der Waals surface area contributed by atoms with Crippen LogP contribution in [0.4, 0.5) is 0 Å². The van der Waals surface area contributed by atoms with E-state index in [2.05, 4.69) is 0 Å². The van der Waals surface area contributed by atoms with Crippen LogP contribution in [0.15, 0.2) is 0 Å². The molecule has 0 aliphatic rings. The van der Waals surface area contributed by atoms with Gasteiger partial charge in [-0.05, 0) is 0 Å². The average Bonchev–Trinajstić information content (AvgIpc) is 1.55. The molecule has 0 atom stereocenters. The third-order valence-electron chi connectivity index (χ3n) is 0.514. The van der Waals surface area contributed by atoms with Crippen LogP contribution >= 0.6 is 0 Å². The van der Waals surface area contributed by atoms with Gasteiger partial charge in [0, 0.05) is 0 Å². The Hall–Kier alpha value is 1.56. The average molecular weight is 481 g/mol. The summed E-state index contributed by atoms with van der Waals surface area (Å²) in [5, 5.41) is 0. The van der Waals surface area contributed by atoms with Crippen molar-refractivity contribution in [2.45, 2.75) is 22.8 Å². The van der Waals surface area contributed by atoms with Gasteiger partial charge in [0.15, 0.2) is 0 Å². The van der Waals surface area contributed by atoms with Gasteiger partial charge >= 0.3 is 86.5 Å². The van der Waals surface area contributed by atoms with Gasteiger partial charge in [0.2, 0.25) is 0 Å². The molecule has 7 heteroatoms. The van der Waals surface area contributed by atoms with Gasteiger partial charge in [0.05, 0.1) is 0 Å². The summed E-state index contributed by atoms with van der Waals surface area (Å²) in [6.45, 7) is 0. The SMILES string of the molecule is C[As](C)(=O)[O][Pb][O][As](C)(C)=O. The molecule has 0 amide bonds. The number of rotatable bonds is 4. The number of hydrogen-bond acceptors (Lipinski definition) is 4. The molecule has 0 saturated carbocycles. The van der Waals surface area contributed by atoms with E-state index < -0.39 is 52.8 Å². The van der Waals surface area contributed by atoms with Gasteiger partial charge in [0.25, 0.3) is 0 Å². The minimum absolute atomic E-state index is 1.59. The molecule has 11 heavy (non-hydrogen) atoms. The normalized spacial score (nSPS) is 13.5. The molecule has 0 bridgehead atoms. The van der Waals surface area contributed by atoms with E-state index in [0.717, 1.165) is 0 Å². The predicted molar refractivity (Wildman–Crippen MR) is 44.3 cm³/mol. The molecule has 0 saturated heterocycles. The molecule has 0 aliphatic heterocycles. The first-order chi connectivity index (χ1) is 4.71. The van der Waals surface area contributed by atoms with Gasteiger partial charge in [-0.15, -0.1) is 0 Å². The van der Waals surface area contributed by atoms with Crippen LogP contribution in [0, 0.1) is 0 Å². The molecule has 0 rings (SSSR count). The van der Waals surface area contributed by atoms with Crippen molar-refractivity contribution in [2.24, 2.45) is 0 Å². The second-order valence-corrected chi connectivity index (χ2v) is 22.1. The molecule has 0 N–H and O–H groups in total. The van der Waals surface area contributed by atoms with Crippen LogP contribution in [0.2, 0.25) is 22.8 Å².